The minimum Gasteiger partial charge on any atom is -0.493 e. The zero-order chi connectivity index (χ0) is 29.7. The van der Waals surface area contributed by atoms with Crippen LogP contribution in [0.4, 0.5) is 13.2 Å². The number of amides is 1. The van der Waals surface area contributed by atoms with Gasteiger partial charge in [0.15, 0.2) is 17.2 Å². The van der Waals surface area contributed by atoms with Crippen LogP contribution in [0.15, 0.2) is 30.3 Å². The number of hydrogen-bond acceptors (Lipinski definition) is 6. The third-order valence-corrected chi connectivity index (χ3v) is 7.31. The van der Waals surface area contributed by atoms with Gasteiger partial charge in [-0.15, -0.1) is 13.2 Å². The third kappa shape index (κ3) is 5.70. The topological polar surface area (TPSA) is 75.1 Å². The maximum atomic E-state index is 14.1. The number of benzene rings is 2. The molecule has 2 aromatic carbocycles. The van der Waals surface area contributed by atoms with Crippen molar-refractivity contribution in [2.45, 2.75) is 58.5 Å². The summed E-state index contributed by atoms with van der Waals surface area (Å²) >= 11 is 6.27. The van der Waals surface area contributed by atoms with Gasteiger partial charge in [0.05, 0.1) is 48.9 Å². The second kappa shape index (κ2) is 10.8. The van der Waals surface area contributed by atoms with Gasteiger partial charge in [0.2, 0.25) is 0 Å². The second-order valence-corrected chi connectivity index (χ2v) is 11.3. The third-order valence-electron chi connectivity index (χ3n) is 7.07. The minimum atomic E-state index is -4.96. The molecular formula is C29H31ClF3N3O5. The number of aromatic nitrogens is 2. The fraction of sp³-hybridized carbons (Fsp3) is 0.448. The lowest BCUT2D eigenvalue weighted by Gasteiger charge is -2.41. The maximum Gasteiger partial charge on any atom is 0.573 e. The molecule has 1 aromatic heterocycles. The van der Waals surface area contributed by atoms with Gasteiger partial charge in [0.1, 0.15) is 11.6 Å². The zero-order valence-corrected chi connectivity index (χ0v) is 24.2. The Balaban J connectivity index is 1.77. The molecule has 12 heteroatoms. The van der Waals surface area contributed by atoms with Crippen LogP contribution in [-0.4, -0.2) is 65.2 Å². The van der Waals surface area contributed by atoms with Crippen molar-refractivity contribution in [3.05, 3.63) is 52.3 Å². The normalized spacial score (nSPS) is 16.3. The lowest BCUT2D eigenvalue weighted by atomic mass is 9.98. The monoisotopic (exact) mass is 593 g/mol. The highest BCUT2D eigenvalue weighted by molar-refractivity contribution is 6.31. The van der Waals surface area contributed by atoms with Gasteiger partial charge in [-0.1, -0.05) is 11.6 Å². The molecule has 41 heavy (non-hydrogen) atoms. The number of rotatable bonds is 6. The number of aryl methyl sites for hydroxylation is 1. The number of carbonyl (C=O) groups excluding carboxylic acids is 1. The van der Waals surface area contributed by atoms with Crippen molar-refractivity contribution in [2.75, 3.05) is 26.9 Å². The Bertz CT molecular complexity index is 1490. The molecule has 1 saturated heterocycles. The van der Waals surface area contributed by atoms with Crippen molar-refractivity contribution < 1.29 is 36.9 Å². The summed E-state index contributed by atoms with van der Waals surface area (Å²) < 4.78 is 63.6. The summed E-state index contributed by atoms with van der Waals surface area (Å²) in [5.74, 6) is 0.258. The Morgan fingerprint density at radius 3 is 2.54 bits per heavy atom. The number of fused-ring (bicyclic) bond motifs is 3. The van der Waals surface area contributed by atoms with Crippen molar-refractivity contribution in [2.24, 2.45) is 0 Å². The molecule has 0 saturated carbocycles. The summed E-state index contributed by atoms with van der Waals surface area (Å²) in [7, 11) is 1.54. The Kier molecular flexibility index (Phi) is 7.63. The number of hydrogen-bond donors (Lipinski definition) is 0. The molecular weight excluding hydrogens is 563 g/mol. The van der Waals surface area contributed by atoms with Crippen molar-refractivity contribution >= 4 is 17.5 Å². The Morgan fingerprint density at radius 2 is 1.88 bits per heavy atom. The summed E-state index contributed by atoms with van der Waals surface area (Å²) in [5.41, 5.74) is 1.58. The van der Waals surface area contributed by atoms with Crippen LogP contribution in [0.25, 0.3) is 17.1 Å². The van der Waals surface area contributed by atoms with E-state index in [1.807, 2.05) is 33.8 Å². The molecule has 0 atom stereocenters. The highest BCUT2D eigenvalue weighted by Gasteiger charge is 2.39. The van der Waals surface area contributed by atoms with Gasteiger partial charge < -0.3 is 23.8 Å². The van der Waals surface area contributed by atoms with E-state index in [0.29, 0.717) is 55.5 Å². The molecule has 0 bridgehead atoms. The molecule has 0 spiro atoms. The highest BCUT2D eigenvalue weighted by Crippen LogP contribution is 2.43. The van der Waals surface area contributed by atoms with E-state index in [0.717, 1.165) is 11.6 Å². The van der Waals surface area contributed by atoms with E-state index in [1.54, 1.807) is 22.6 Å². The van der Waals surface area contributed by atoms with E-state index in [9.17, 15) is 18.0 Å². The van der Waals surface area contributed by atoms with Crippen molar-refractivity contribution in [1.29, 1.82) is 0 Å². The molecule has 1 fully saturated rings. The van der Waals surface area contributed by atoms with Crippen LogP contribution in [0.5, 0.6) is 17.2 Å². The molecule has 1 amide bonds. The summed E-state index contributed by atoms with van der Waals surface area (Å²) in [6, 6.07) is 7.42. The molecule has 3 heterocycles. The predicted octanol–water partition coefficient (Wildman–Crippen LogP) is 6.24. The van der Waals surface area contributed by atoms with Gasteiger partial charge in [-0.2, -0.15) is 0 Å². The van der Waals surface area contributed by atoms with E-state index >= 15 is 0 Å². The van der Waals surface area contributed by atoms with Gasteiger partial charge in [-0.3, -0.25) is 9.36 Å². The van der Waals surface area contributed by atoms with Crippen molar-refractivity contribution in [3.63, 3.8) is 0 Å². The van der Waals surface area contributed by atoms with Crippen molar-refractivity contribution in [1.82, 2.24) is 14.5 Å². The van der Waals surface area contributed by atoms with Gasteiger partial charge in [-0.25, -0.2) is 4.98 Å². The summed E-state index contributed by atoms with van der Waals surface area (Å²) in [4.78, 5) is 20.5. The first-order valence-corrected chi connectivity index (χ1v) is 13.6. The van der Waals surface area contributed by atoms with E-state index in [1.165, 1.54) is 12.1 Å². The van der Waals surface area contributed by atoms with Gasteiger partial charge in [0.25, 0.3) is 5.91 Å². The quantitative estimate of drug-likeness (QED) is 0.337. The summed E-state index contributed by atoms with van der Waals surface area (Å²) in [5, 5.41) is 0.184. The number of morpholine rings is 1. The van der Waals surface area contributed by atoms with E-state index < -0.39 is 17.7 Å². The van der Waals surface area contributed by atoms with E-state index in [4.69, 9.17) is 30.8 Å². The second-order valence-electron chi connectivity index (χ2n) is 10.9. The predicted molar refractivity (Wildman–Crippen MR) is 146 cm³/mol. The van der Waals surface area contributed by atoms with Crippen LogP contribution in [0, 0.1) is 0 Å². The first-order valence-electron chi connectivity index (χ1n) is 13.2. The molecule has 0 aliphatic carbocycles. The van der Waals surface area contributed by atoms with Gasteiger partial charge in [0, 0.05) is 17.6 Å². The fourth-order valence-electron chi connectivity index (χ4n) is 5.31. The Morgan fingerprint density at radius 1 is 1.12 bits per heavy atom. The molecule has 2 aliphatic rings. The molecule has 5 rings (SSSR count). The number of alkyl halides is 3. The minimum absolute atomic E-state index is 0.00800. The fourth-order valence-corrected chi connectivity index (χ4v) is 5.48. The van der Waals surface area contributed by atoms with Crippen LogP contribution in [0.3, 0.4) is 0 Å². The van der Waals surface area contributed by atoms with Gasteiger partial charge in [-0.05, 0) is 70.4 Å². The molecule has 3 aromatic rings. The highest BCUT2D eigenvalue weighted by atomic mass is 35.5. The number of imidazole rings is 1. The molecule has 0 N–H and O–H groups in total. The largest absolute Gasteiger partial charge is 0.573 e. The SMILES string of the molecule is COc1cc2c(cc1OC(C)C)-n1c(-c3cc(Cl)ccc3OC(F)(F)F)nc(C(=O)N3CCOCC3(C)C)c1CC2. The van der Waals surface area contributed by atoms with Crippen LogP contribution >= 0.6 is 11.6 Å². The molecule has 220 valence electrons. The standard InChI is InChI=1S/C29H31ClF3N3O5/c1-16(2)40-24-14-21-17(12-23(24)38-5)6-8-20-25(27(37)35-10-11-39-15-28(35,3)4)34-26(36(20)21)19-13-18(30)7-9-22(19)41-29(31,32)33/h7,9,12-14,16H,6,8,10-11,15H2,1-5H3. The number of carbonyl (C=O) groups is 1. The van der Waals surface area contributed by atoms with Crippen LogP contribution in [-0.2, 0) is 17.6 Å². The van der Waals surface area contributed by atoms with Crippen molar-refractivity contribution in [3.8, 4) is 34.3 Å². The van der Waals surface area contributed by atoms with Crippen LogP contribution in [0.2, 0.25) is 5.02 Å². The van der Waals surface area contributed by atoms with Crippen LogP contribution < -0.4 is 14.2 Å². The average molecular weight is 594 g/mol. The summed E-state index contributed by atoms with van der Waals surface area (Å²) in [6.45, 7) is 8.62. The van der Waals surface area contributed by atoms with Gasteiger partial charge >= 0.3 is 6.36 Å². The molecule has 8 nitrogen and oxygen atoms in total. The van der Waals surface area contributed by atoms with E-state index in [-0.39, 0.29) is 34.1 Å². The maximum absolute atomic E-state index is 14.1. The lowest BCUT2D eigenvalue weighted by Crippen LogP contribution is -2.55. The number of halogens is 4. The average Bonchev–Trinajstić information content (AvgIpc) is 3.27. The molecule has 2 aliphatic heterocycles. The molecule has 0 unspecified atom stereocenters. The lowest BCUT2D eigenvalue weighted by molar-refractivity contribution is -0.274. The van der Waals surface area contributed by atoms with Crippen LogP contribution in [0.1, 0.15) is 49.4 Å². The summed E-state index contributed by atoms with van der Waals surface area (Å²) in [6.07, 6.45) is -4.17. The Labute approximate surface area is 240 Å². The first-order chi connectivity index (χ1) is 19.3. The van der Waals surface area contributed by atoms with E-state index in [2.05, 4.69) is 4.74 Å². The first kappa shape index (κ1) is 29.1. The number of methoxy groups -OCH3 is 1. The Hall–Kier alpha value is -3.44. The number of ether oxygens (including phenoxy) is 4. The molecule has 0 radical (unpaired) electrons. The zero-order valence-electron chi connectivity index (χ0n) is 23.4. The number of nitrogens with zero attached hydrogens (tertiary/aromatic N) is 3. The smallest absolute Gasteiger partial charge is 0.493 e.